The molecular formula is C4H17NOSi2. The molecule has 0 spiro atoms. The normalized spacial score (nSPS) is 10.1. The summed E-state index contributed by atoms with van der Waals surface area (Å²) in [5, 5.41) is 0. The fourth-order valence-corrected chi connectivity index (χ4v) is 0. The summed E-state index contributed by atoms with van der Waals surface area (Å²) in [6, 6.07) is 0. The third-order valence-corrected chi connectivity index (χ3v) is 2.60. The molecule has 0 heterocycles. The molecule has 0 amide bonds. The highest BCUT2D eigenvalue weighted by molar-refractivity contribution is 6.32. The zero-order valence-corrected chi connectivity index (χ0v) is 9.98. The number of hydrogen-bond donors (Lipinski definition) is 0. The van der Waals surface area contributed by atoms with Crippen LogP contribution < -0.4 is 0 Å². The Kier molecular flexibility index (Phi) is 14.5. The molecule has 2 nitrogen and oxygen atoms in total. The Morgan fingerprint density at radius 1 is 1.38 bits per heavy atom. The topological polar surface area (TPSA) is 12.5 Å². The lowest BCUT2D eigenvalue weighted by molar-refractivity contribution is 0.505. The van der Waals surface area contributed by atoms with Crippen LogP contribution in [0.1, 0.15) is 0 Å². The van der Waals surface area contributed by atoms with Gasteiger partial charge in [-0.3, -0.25) is 0 Å². The molecule has 0 rings (SSSR count). The van der Waals surface area contributed by atoms with Gasteiger partial charge in [-0.2, -0.15) is 0 Å². The van der Waals surface area contributed by atoms with Gasteiger partial charge in [0.1, 0.15) is 20.2 Å². The van der Waals surface area contributed by atoms with Gasteiger partial charge in [0.15, 0.2) is 0 Å². The number of nitrogens with zero attached hydrogens (tertiary/aromatic N) is 1. The molecule has 4 heteroatoms. The SMILES string of the molecule is CN(C)C.C[SiH2]O[SiH3]. The van der Waals surface area contributed by atoms with E-state index in [-0.39, 0.29) is 9.76 Å². The summed E-state index contributed by atoms with van der Waals surface area (Å²) in [4.78, 5) is 2.00. The molecule has 0 aromatic rings. The Bertz CT molecular complexity index is 30.5. The van der Waals surface area contributed by atoms with Crippen LogP contribution in [0.4, 0.5) is 0 Å². The minimum atomic E-state index is -0.0139. The predicted molar refractivity (Wildman–Crippen MR) is 45.0 cm³/mol. The lowest BCUT2D eigenvalue weighted by Crippen LogP contribution is -1.99. The van der Waals surface area contributed by atoms with Gasteiger partial charge in [0.25, 0.3) is 0 Å². The molecule has 0 unspecified atom stereocenters. The molecule has 0 aliphatic rings. The number of hydrogen-bond acceptors (Lipinski definition) is 2. The van der Waals surface area contributed by atoms with Crippen LogP contribution in [0.15, 0.2) is 0 Å². The molecule has 0 aliphatic carbocycles. The van der Waals surface area contributed by atoms with Crippen LogP contribution >= 0.6 is 0 Å². The van der Waals surface area contributed by atoms with Gasteiger partial charge < -0.3 is 9.02 Å². The van der Waals surface area contributed by atoms with Crippen LogP contribution in [0.3, 0.4) is 0 Å². The fraction of sp³-hybridized carbons (Fsp3) is 1.00. The summed E-state index contributed by atoms with van der Waals surface area (Å²) in [5.41, 5.74) is 0. The lowest BCUT2D eigenvalue weighted by atomic mass is 11.0. The van der Waals surface area contributed by atoms with E-state index in [4.69, 9.17) is 4.12 Å². The van der Waals surface area contributed by atoms with Gasteiger partial charge in [0.05, 0.1) is 0 Å². The van der Waals surface area contributed by atoms with E-state index in [1.165, 1.54) is 0 Å². The maximum absolute atomic E-state index is 4.82. The highest BCUT2D eigenvalue weighted by Crippen LogP contribution is 1.47. The van der Waals surface area contributed by atoms with Crippen LogP contribution in [-0.4, -0.2) is 46.3 Å². The van der Waals surface area contributed by atoms with E-state index in [2.05, 4.69) is 6.55 Å². The molecule has 0 bridgehead atoms. The summed E-state index contributed by atoms with van der Waals surface area (Å²) in [5.74, 6) is 0. The van der Waals surface area contributed by atoms with Crippen LogP contribution in [0.5, 0.6) is 0 Å². The zero-order valence-electron chi connectivity index (χ0n) is 6.56. The average Bonchev–Trinajstić information content (AvgIpc) is 1.65. The molecule has 0 fully saturated rings. The zero-order chi connectivity index (χ0) is 6.99. The van der Waals surface area contributed by atoms with E-state index < -0.39 is 0 Å². The Morgan fingerprint density at radius 2 is 1.50 bits per heavy atom. The van der Waals surface area contributed by atoms with Crippen molar-refractivity contribution in [2.45, 2.75) is 6.55 Å². The van der Waals surface area contributed by atoms with Crippen molar-refractivity contribution in [2.75, 3.05) is 21.1 Å². The molecular weight excluding hydrogens is 134 g/mol. The molecule has 0 radical (unpaired) electrons. The van der Waals surface area contributed by atoms with E-state index >= 15 is 0 Å². The standard InChI is InChI=1S/C3H9N.CH8OSi2/c1-4(2)3;1-4-2-3/h1-3H3;4H2,1,3H3. The molecule has 8 heavy (non-hydrogen) atoms. The predicted octanol–water partition coefficient (Wildman–Crippen LogP) is -1.41. The molecule has 0 atom stereocenters. The first kappa shape index (κ1) is 11.2. The van der Waals surface area contributed by atoms with Crippen molar-refractivity contribution in [3.05, 3.63) is 0 Å². The fourth-order valence-electron chi connectivity index (χ4n) is 0. The van der Waals surface area contributed by atoms with Gasteiger partial charge in [-0.05, 0) is 21.1 Å². The minimum Gasteiger partial charge on any atom is -0.468 e. The first-order chi connectivity index (χ1) is 3.65. The van der Waals surface area contributed by atoms with Crippen molar-refractivity contribution in [1.82, 2.24) is 4.90 Å². The third kappa shape index (κ3) is 99.4. The summed E-state index contributed by atoms with van der Waals surface area (Å²) >= 11 is 0. The lowest BCUT2D eigenvalue weighted by Gasteiger charge is -1.90. The van der Waals surface area contributed by atoms with E-state index in [0.717, 1.165) is 10.5 Å². The van der Waals surface area contributed by atoms with Crippen LogP contribution in [0.25, 0.3) is 0 Å². The summed E-state index contributed by atoms with van der Waals surface area (Å²) in [6.07, 6.45) is 0. The maximum Gasteiger partial charge on any atom is 0.142 e. The minimum absolute atomic E-state index is 0.0139. The van der Waals surface area contributed by atoms with Gasteiger partial charge in [-0.1, -0.05) is 6.55 Å². The Labute approximate surface area is 57.7 Å². The first-order valence-corrected chi connectivity index (χ1v) is 5.55. The van der Waals surface area contributed by atoms with Crippen LogP contribution in [-0.2, 0) is 4.12 Å². The van der Waals surface area contributed by atoms with Gasteiger partial charge in [-0.25, -0.2) is 0 Å². The molecule has 0 saturated heterocycles. The first-order valence-electron chi connectivity index (χ1n) is 2.75. The summed E-state index contributed by atoms with van der Waals surface area (Å²) in [7, 11) is 6.94. The quantitative estimate of drug-likeness (QED) is 0.427. The Hall–Kier alpha value is 0.354. The average molecular weight is 151 g/mol. The molecule has 0 aliphatic heterocycles. The molecule has 0 aromatic carbocycles. The highest BCUT2D eigenvalue weighted by atomic mass is 28.3. The van der Waals surface area contributed by atoms with Crippen LogP contribution in [0.2, 0.25) is 6.55 Å². The Morgan fingerprint density at radius 3 is 1.50 bits per heavy atom. The second kappa shape index (κ2) is 10.4. The highest BCUT2D eigenvalue weighted by Gasteiger charge is 1.58. The van der Waals surface area contributed by atoms with Gasteiger partial charge in [0, 0.05) is 0 Å². The van der Waals surface area contributed by atoms with E-state index in [1.807, 2.05) is 26.0 Å². The monoisotopic (exact) mass is 151 g/mol. The third-order valence-electron chi connectivity index (χ3n) is 0.289. The van der Waals surface area contributed by atoms with Gasteiger partial charge >= 0.3 is 0 Å². The summed E-state index contributed by atoms with van der Waals surface area (Å²) in [6.45, 7) is 2.13. The summed E-state index contributed by atoms with van der Waals surface area (Å²) < 4.78 is 4.82. The molecule has 52 valence electrons. The Balaban J connectivity index is 0. The van der Waals surface area contributed by atoms with Crippen molar-refractivity contribution in [2.24, 2.45) is 0 Å². The second-order valence-corrected chi connectivity index (χ2v) is 4.81. The molecule has 0 N–H and O–H groups in total. The second-order valence-electron chi connectivity index (χ2n) is 1.92. The smallest absolute Gasteiger partial charge is 0.142 e. The van der Waals surface area contributed by atoms with Gasteiger partial charge in [0.2, 0.25) is 0 Å². The maximum atomic E-state index is 4.82. The van der Waals surface area contributed by atoms with Crippen LogP contribution in [0, 0.1) is 0 Å². The van der Waals surface area contributed by atoms with Crippen molar-refractivity contribution in [3.8, 4) is 0 Å². The number of rotatable bonds is 1. The van der Waals surface area contributed by atoms with Crippen molar-refractivity contribution >= 4 is 20.2 Å². The molecule has 0 aromatic heterocycles. The molecule has 0 saturated carbocycles. The van der Waals surface area contributed by atoms with Crippen molar-refractivity contribution < 1.29 is 4.12 Å². The van der Waals surface area contributed by atoms with Gasteiger partial charge in [-0.15, -0.1) is 0 Å². The van der Waals surface area contributed by atoms with E-state index in [0.29, 0.717) is 0 Å². The van der Waals surface area contributed by atoms with E-state index in [1.54, 1.807) is 0 Å². The van der Waals surface area contributed by atoms with Crippen molar-refractivity contribution in [3.63, 3.8) is 0 Å². The largest absolute Gasteiger partial charge is 0.468 e. The van der Waals surface area contributed by atoms with Crippen molar-refractivity contribution in [1.29, 1.82) is 0 Å². The van der Waals surface area contributed by atoms with E-state index in [9.17, 15) is 0 Å².